The maximum absolute atomic E-state index is 11.7. The second kappa shape index (κ2) is 4.67. The van der Waals surface area contributed by atoms with Gasteiger partial charge in [-0.05, 0) is 17.9 Å². The van der Waals surface area contributed by atoms with Crippen molar-refractivity contribution in [1.29, 1.82) is 0 Å². The highest BCUT2D eigenvalue weighted by Gasteiger charge is 2.32. The number of thioether (sulfide) groups is 1. The fourth-order valence-electron chi connectivity index (χ4n) is 1.75. The van der Waals surface area contributed by atoms with Gasteiger partial charge in [-0.25, -0.2) is 4.68 Å². The third-order valence-electron chi connectivity index (χ3n) is 2.60. The topological polar surface area (TPSA) is 51.0 Å². The molecular formula is C9H14N4OS2. The van der Waals surface area contributed by atoms with Crippen molar-refractivity contribution in [3.63, 3.8) is 0 Å². The van der Waals surface area contributed by atoms with Gasteiger partial charge in [0.05, 0.1) is 0 Å². The van der Waals surface area contributed by atoms with Crippen LogP contribution in [0.5, 0.6) is 0 Å². The number of amides is 1. The van der Waals surface area contributed by atoms with E-state index in [0.717, 1.165) is 10.9 Å². The molecule has 1 amide bonds. The molecule has 7 heteroatoms. The van der Waals surface area contributed by atoms with Gasteiger partial charge in [0.1, 0.15) is 0 Å². The summed E-state index contributed by atoms with van der Waals surface area (Å²) >= 11 is 5.74. The minimum Gasteiger partial charge on any atom is -0.279 e. The van der Waals surface area contributed by atoms with Crippen molar-refractivity contribution >= 4 is 36.2 Å². The van der Waals surface area contributed by atoms with Gasteiger partial charge in [0.25, 0.3) is 5.95 Å². The Morgan fingerprint density at radius 1 is 1.62 bits per heavy atom. The minimum atomic E-state index is 0.0947. The van der Waals surface area contributed by atoms with Crippen LogP contribution in [0, 0.1) is 5.92 Å². The molecular weight excluding hydrogens is 244 g/mol. The standard InChI is InChI=1S/C9H14N4OS2/c1-12-9(16-2)10-8(11-12)13-4-6(5-15)3-7(13)14/h6,15H,3-5H2,1-2H3. The largest absolute Gasteiger partial charge is 0.279 e. The van der Waals surface area contributed by atoms with Crippen LogP contribution in [0.25, 0.3) is 0 Å². The number of hydrogen-bond donors (Lipinski definition) is 1. The lowest BCUT2D eigenvalue weighted by molar-refractivity contribution is -0.117. The van der Waals surface area contributed by atoms with E-state index in [4.69, 9.17) is 0 Å². The van der Waals surface area contributed by atoms with Crippen LogP contribution in [0.2, 0.25) is 0 Å². The zero-order valence-corrected chi connectivity index (χ0v) is 11.0. The van der Waals surface area contributed by atoms with Crippen molar-refractivity contribution in [3.05, 3.63) is 0 Å². The Kier molecular flexibility index (Phi) is 3.44. The van der Waals surface area contributed by atoms with Crippen molar-refractivity contribution in [3.8, 4) is 0 Å². The molecule has 16 heavy (non-hydrogen) atoms. The molecule has 1 aliphatic rings. The first-order valence-corrected chi connectivity index (χ1v) is 6.87. The number of rotatable bonds is 3. The average molecular weight is 258 g/mol. The molecule has 0 radical (unpaired) electrons. The van der Waals surface area contributed by atoms with Gasteiger partial charge in [-0.3, -0.25) is 9.69 Å². The van der Waals surface area contributed by atoms with Gasteiger partial charge in [0.15, 0.2) is 5.16 Å². The molecule has 0 saturated carbocycles. The zero-order valence-electron chi connectivity index (χ0n) is 9.25. The number of anilines is 1. The van der Waals surface area contributed by atoms with E-state index >= 15 is 0 Å². The highest BCUT2D eigenvalue weighted by molar-refractivity contribution is 7.98. The van der Waals surface area contributed by atoms with E-state index in [1.807, 2.05) is 13.3 Å². The first-order valence-electron chi connectivity index (χ1n) is 5.02. The lowest BCUT2D eigenvalue weighted by Crippen LogP contribution is -2.26. The molecule has 0 N–H and O–H groups in total. The smallest absolute Gasteiger partial charge is 0.252 e. The van der Waals surface area contributed by atoms with Gasteiger partial charge in [-0.15, -0.1) is 5.10 Å². The maximum atomic E-state index is 11.7. The third kappa shape index (κ3) is 2.06. The summed E-state index contributed by atoms with van der Waals surface area (Å²) in [5, 5.41) is 5.06. The first-order chi connectivity index (χ1) is 7.65. The Morgan fingerprint density at radius 2 is 2.38 bits per heavy atom. The molecule has 1 saturated heterocycles. The number of carbonyl (C=O) groups is 1. The van der Waals surface area contributed by atoms with Gasteiger partial charge in [0.2, 0.25) is 5.91 Å². The van der Waals surface area contributed by atoms with Crippen LogP contribution in [0.3, 0.4) is 0 Å². The monoisotopic (exact) mass is 258 g/mol. The molecule has 1 aliphatic heterocycles. The van der Waals surface area contributed by atoms with Crippen LogP contribution >= 0.6 is 24.4 Å². The fraction of sp³-hybridized carbons (Fsp3) is 0.667. The van der Waals surface area contributed by atoms with Crippen LogP contribution < -0.4 is 4.90 Å². The molecule has 2 rings (SSSR count). The third-order valence-corrected chi connectivity index (χ3v) is 3.84. The van der Waals surface area contributed by atoms with Crippen LogP contribution in [-0.4, -0.2) is 39.2 Å². The first kappa shape index (κ1) is 11.8. The number of carbonyl (C=O) groups excluding carboxylic acids is 1. The number of aryl methyl sites for hydroxylation is 1. The highest BCUT2D eigenvalue weighted by atomic mass is 32.2. The van der Waals surface area contributed by atoms with E-state index < -0.39 is 0 Å². The SMILES string of the molecule is CSc1nc(N2CC(CS)CC2=O)nn1C. The average Bonchev–Trinajstić information content (AvgIpc) is 2.81. The fourth-order valence-corrected chi connectivity index (χ4v) is 2.47. The van der Waals surface area contributed by atoms with Gasteiger partial charge < -0.3 is 0 Å². The summed E-state index contributed by atoms with van der Waals surface area (Å²) in [6.07, 6.45) is 2.49. The Morgan fingerprint density at radius 3 is 2.88 bits per heavy atom. The number of hydrogen-bond acceptors (Lipinski definition) is 5. The summed E-state index contributed by atoms with van der Waals surface area (Å²) in [6.45, 7) is 0.681. The van der Waals surface area contributed by atoms with Gasteiger partial charge in [0, 0.05) is 20.0 Å². The molecule has 1 aromatic rings. The maximum Gasteiger partial charge on any atom is 0.252 e. The van der Waals surface area contributed by atoms with Crippen molar-refractivity contribution < 1.29 is 4.79 Å². The zero-order chi connectivity index (χ0) is 11.7. The summed E-state index contributed by atoms with van der Waals surface area (Å²) < 4.78 is 1.70. The Labute approximate surface area is 104 Å². The summed E-state index contributed by atoms with van der Waals surface area (Å²) in [4.78, 5) is 17.7. The van der Waals surface area contributed by atoms with Crippen LogP contribution in [-0.2, 0) is 11.8 Å². The molecule has 1 unspecified atom stereocenters. The molecule has 2 heterocycles. The molecule has 88 valence electrons. The lowest BCUT2D eigenvalue weighted by Gasteiger charge is -2.10. The normalized spacial score (nSPS) is 20.8. The Bertz CT molecular complexity index is 406. The van der Waals surface area contributed by atoms with E-state index in [2.05, 4.69) is 22.7 Å². The summed E-state index contributed by atoms with van der Waals surface area (Å²) in [6, 6.07) is 0. The molecule has 0 bridgehead atoms. The Balaban J connectivity index is 2.21. The highest BCUT2D eigenvalue weighted by Crippen LogP contribution is 2.24. The van der Waals surface area contributed by atoms with Crippen LogP contribution in [0.1, 0.15) is 6.42 Å². The molecule has 1 atom stereocenters. The van der Waals surface area contributed by atoms with Crippen molar-refractivity contribution in [2.24, 2.45) is 13.0 Å². The van der Waals surface area contributed by atoms with E-state index in [9.17, 15) is 4.79 Å². The minimum absolute atomic E-state index is 0.0947. The quantitative estimate of drug-likeness (QED) is 0.644. The molecule has 0 aliphatic carbocycles. The number of nitrogens with zero attached hydrogens (tertiary/aromatic N) is 4. The van der Waals surface area contributed by atoms with E-state index in [0.29, 0.717) is 24.8 Å². The molecule has 1 fully saturated rings. The predicted molar refractivity (Wildman–Crippen MR) is 67.1 cm³/mol. The van der Waals surface area contributed by atoms with Gasteiger partial charge in [-0.1, -0.05) is 11.8 Å². The molecule has 0 aromatic carbocycles. The van der Waals surface area contributed by atoms with Crippen molar-refractivity contribution in [2.75, 3.05) is 23.5 Å². The van der Waals surface area contributed by atoms with Crippen LogP contribution in [0.4, 0.5) is 5.95 Å². The number of aromatic nitrogens is 3. The molecule has 5 nitrogen and oxygen atoms in total. The lowest BCUT2D eigenvalue weighted by atomic mass is 10.1. The molecule has 1 aromatic heterocycles. The summed E-state index contributed by atoms with van der Waals surface area (Å²) in [5.41, 5.74) is 0. The van der Waals surface area contributed by atoms with E-state index in [1.54, 1.807) is 9.58 Å². The molecule has 0 spiro atoms. The summed E-state index contributed by atoms with van der Waals surface area (Å²) in [5.74, 6) is 1.65. The van der Waals surface area contributed by atoms with E-state index in [-0.39, 0.29) is 5.91 Å². The van der Waals surface area contributed by atoms with Crippen LogP contribution in [0.15, 0.2) is 5.16 Å². The predicted octanol–water partition coefficient (Wildman–Crippen LogP) is 0.820. The second-order valence-corrected chi connectivity index (χ2v) is 4.92. The second-order valence-electron chi connectivity index (χ2n) is 3.78. The van der Waals surface area contributed by atoms with Gasteiger partial charge in [-0.2, -0.15) is 17.6 Å². The van der Waals surface area contributed by atoms with E-state index in [1.165, 1.54) is 11.8 Å². The van der Waals surface area contributed by atoms with Crippen molar-refractivity contribution in [2.45, 2.75) is 11.6 Å². The van der Waals surface area contributed by atoms with Crippen molar-refractivity contribution in [1.82, 2.24) is 14.8 Å². The van der Waals surface area contributed by atoms with Gasteiger partial charge >= 0.3 is 0 Å². The number of thiol groups is 1. The Hall–Kier alpha value is -0.690. The summed E-state index contributed by atoms with van der Waals surface area (Å²) in [7, 11) is 1.83.